The zero-order valence-electron chi connectivity index (χ0n) is 14.4. The van der Waals surface area contributed by atoms with Gasteiger partial charge in [0, 0.05) is 25.9 Å². The van der Waals surface area contributed by atoms with Crippen LogP contribution in [0.1, 0.15) is 57.8 Å². The molecule has 1 saturated carbocycles. The number of nitrogens with zero attached hydrogens (tertiary/aromatic N) is 1. The van der Waals surface area contributed by atoms with Crippen molar-refractivity contribution in [2.24, 2.45) is 0 Å². The summed E-state index contributed by atoms with van der Waals surface area (Å²) in [5.74, 6) is -2.08. The number of aliphatic carboxylic acids is 1. The SMILES string of the molecule is O=C(O)CCCC(=O)N1CCNC(=O)[C@@H]1CC(=O)OC1CCCCC1. The minimum absolute atomic E-state index is 0.0494. The molecule has 8 nitrogen and oxygen atoms in total. The summed E-state index contributed by atoms with van der Waals surface area (Å²) in [6.45, 7) is 0.650. The molecule has 2 rings (SSSR count). The summed E-state index contributed by atoms with van der Waals surface area (Å²) in [5, 5.41) is 11.3. The number of ether oxygens (including phenoxy) is 1. The predicted octanol–water partition coefficient (Wildman–Crippen LogP) is 0.834. The lowest BCUT2D eigenvalue weighted by atomic mass is 9.98. The molecule has 0 spiro atoms. The lowest BCUT2D eigenvalue weighted by Crippen LogP contribution is -2.57. The second-order valence-electron chi connectivity index (χ2n) is 6.60. The number of carboxylic acids is 1. The van der Waals surface area contributed by atoms with E-state index in [1.165, 1.54) is 4.90 Å². The van der Waals surface area contributed by atoms with Crippen LogP contribution in [0.3, 0.4) is 0 Å². The highest BCUT2D eigenvalue weighted by Crippen LogP contribution is 2.21. The Morgan fingerprint density at radius 2 is 1.88 bits per heavy atom. The normalized spacial score (nSPS) is 21.5. The van der Waals surface area contributed by atoms with Crippen LogP contribution in [-0.2, 0) is 23.9 Å². The Hall–Kier alpha value is -2.12. The molecule has 0 aromatic rings. The molecule has 0 bridgehead atoms. The summed E-state index contributed by atoms with van der Waals surface area (Å²) in [6.07, 6.45) is 4.84. The van der Waals surface area contributed by atoms with Gasteiger partial charge in [-0.3, -0.25) is 19.2 Å². The van der Waals surface area contributed by atoms with Crippen molar-refractivity contribution in [3.8, 4) is 0 Å². The van der Waals surface area contributed by atoms with E-state index in [2.05, 4.69) is 5.32 Å². The Balaban J connectivity index is 1.89. The number of carbonyl (C=O) groups is 4. The zero-order chi connectivity index (χ0) is 18.2. The van der Waals surface area contributed by atoms with Crippen LogP contribution in [-0.4, -0.2) is 59.0 Å². The average Bonchev–Trinajstić information content (AvgIpc) is 2.57. The summed E-state index contributed by atoms with van der Waals surface area (Å²) in [5.41, 5.74) is 0. The third-order valence-electron chi connectivity index (χ3n) is 4.64. The number of hydrogen-bond donors (Lipinski definition) is 2. The van der Waals surface area contributed by atoms with Crippen molar-refractivity contribution in [3.63, 3.8) is 0 Å². The highest BCUT2D eigenvalue weighted by atomic mass is 16.5. The number of hydrogen-bond acceptors (Lipinski definition) is 5. The van der Waals surface area contributed by atoms with Gasteiger partial charge in [0.2, 0.25) is 11.8 Å². The molecule has 0 radical (unpaired) electrons. The molecule has 0 aromatic heterocycles. The highest BCUT2D eigenvalue weighted by molar-refractivity contribution is 5.92. The molecule has 1 aliphatic carbocycles. The molecule has 1 atom stereocenters. The monoisotopic (exact) mass is 354 g/mol. The molecule has 2 amide bonds. The van der Waals surface area contributed by atoms with E-state index in [1.54, 1.807) is 0 Å². The number of piperazine rings is 1. The van der Waals surface area contributed by atoms with Crippen LogP contribution >= 0.6 is 0 Å². The molecule has 2 aliphatic rings. The van der Waals surface area contributed by atoms with Crippen molar-refractivity contribution in [2.75, 3.05) is 13.1 Å². The Kier molecular flexibility index (Phi) is 7.21. The van der Waals surface area contributed by atoms with E-state index in [4.69, 9.17) is 9.84 Å². The first-order valence-electron chi connectivity index (χ1n) is 8.96. The predicted molar refractivity (Wildman–Crippen MR) is 87.6 cm³/mol. The molecule has 1 aliphatic heterocycles. The molecule has 1 saturated heterocycles. The van der Waals surface area contributed by atoms with Crippen LogP contribution in [0.2, 0.25) is 0 Å². The summed E-state index contributed by atoms with van der Waals surface area (Å²) in [6, 6.07) is -0.873. The number of carboxylic acid groups (broad SMARTS) is 1. The first-order valence-corrected chi connectivity index (χ1v) is 8.96. The lowest BCUT2D eigenvalue weighted by Gasteiger charge is -2.35. The Bertz CT molecular complexity index is 515. The summed E-state index contributed by atoms with van der Waals surface area (Å²) in [4.78, 5) is 48.5. The van der Waals surface area contributed by atoms with E-state index in [1.807, 2.05) is 0 Å². The van der Waals surface area contributed by atoms with E-state index < -0.39 is 18.0 Å². The third-order valence-corrected chi connectivity index (χ3v) is 4.64. The Morgan fingerprint density at radius 1 is 1.16 bits per heavy atom. The van der Waals surface area contributed by atoms with Crippen LogP contribution in [0.5, 0.6) is 0 Å². The smallest absolute Gasteiger partial charge is 0.308 e. The fourth-order valence-corrected chi connectivity index (χ4v) is 3.33. The van der Waals surface area contributed by atoms with Gasteiger partial charge in [-0.1, -0.05) is 6.42 Å². The maximum Gasteiger partial charge on any atom is 0.308 e. The van der Waals surface area contributed by atoms with Crippen LogP contribution in [0.15, 0.2) is 0 Å². The second kappa shape index (κ2) is 9.39. The quantitative estimate of drug-likeness (QED) is 0.655. The molecule has 0 aromatic carbocycles. The van der Waals surface area contributed by atoms with Crippen LogP contribution in [0, 0.1) is 0 Å². The molecule has 8 heteroatoms. The summed E-state index contributed by atoms with van der Waals surface area (Å²) in [7, 11) is 0. The second-order valence-corrected chi connectivity index (χ2v) is 6.60. The largest absolute Gasteiger partial charge is 0.481 e. The first-order chi connectivity index (χ1) is 12.0. The maximum atomic E-state index is 12.3. The molecule has 0 unspecified atom stereocenters. The highest BCUT2D eigenvalue weighted by Gasteiger charge is 2.35. The maximum absolute atomic E-state index is 12.3. The van der Waals surface area contributed by atoms with Gasteiger partial charge in [0.05, 0.1) is 6.42 Å². The van der Waals surface area contributed by atoms with E-state index in [9.17, 15) is 19.2 Å². The van der Waals surface area contributed by atoms with Crippen molar-refractivity contribution in [3.05, 3.63) is 0 Å². The van der Waals surface area contributed by atoms with Gasteiger partial charge in [0.1, 0.15) is 12.1 Å². The third kappa shape index (κ3) is 6.03. The molecular weight excluding hydrogens is 328 g/mol. The van der Waals surface area contributed by atoms with Gasteiger partial charge in [0.15, 0.2) is 0 Å². The minimum atomic E-state index is -0.961. The van der Waals surface area contributed by atoms with Crippen LogP contribution in [0.25, 0.3) is 0 Å². The Labute approximate surface area is 146 Å². The van der Waals surface area contributed by atoms with Crippen molar-refractivity contribution >= 4 is 23.8 Å². The molecule has 1 heterocycles. The fourth-order valence-electron chi connectivity index (χ4n) is 3.33. The molecule has 140 valence electrons. The minimum Gasteiger partial charge on any atom is -0.481 e. The molecule has 25 heavy (non-hydrogen) atoms. The number of rotatable bonds is 7. The zero-order valence-corrected chi connectivity index (χ0v) is 14.4. The fraction of sp³-hybridized carbons (Fsp3) is 0.765. The van der Waals surface area contributed by atoms with Gasteiger partial charge in [0.25, 0.3) is 0 Å². The van der Waals surface area contributed by atoms with Crippen molar-refractivity contribution in [2.45, 2.75) is 69.9 Å². The van der Waals surface area contributed by atoms with E-state index in [0.29, 0.717) is 13.1 Å². The summed E-state index contributed by atoms with van der Waals surface area (Å²) >= 11 is 0. The van der Waals surface area contributed by atoms with Crippen molar-refractivity contribution in [1.29, 1.82) is 0 Å². The van der Waals surface area contributed by atoms with E-state index >= 15 is 0 Å². The molecule has 2 fully saturated rings. The van der Waals surface area contributed by atoms with Gasteiger partial charge in [-0.25, -0.2) is 0 Å². The molecule has 2 N–H and O–H groups in total. The molecular formula is C17H26N2O6. The van der Waals surface area contributed by atoms with Crippen molar-refractivity contribution in [1.82, 2.24) is 10.2 Å². The van der Waals surface area contributed by atoms with E-state index in [0.717, 1.165) is 32.1 Å². The summed E-state index contributed by atoms with van der Waals surface area (Å²) < 4.78 is 5.45. The van der Waals surface area contributed by atoms with Gasteiger partial charge in [-0.15, -0.1) is 0 Å². The van der Waals surface area contributed by atoms with E-state index in [-0.39, 0.29) is 43.6 Å². The van der Waals surface area contributed by atoms with Gasteiger partial charge < -0.3 is 20.1 Å². The van der Waals surface area contributed by atoms with Gasteiger partial charge in [-0.2, -0.15) is 0 Å². The van der Waals surface area contributed by atoms with Crippen LogP contribution in [0.4, 0.5) is 0 Å². The topological polar surface area (TPSA) is 113 Å². The van der Waals surface area contributed by atoms with Crippen LogP contribution < -0.4 is 5.32 Å². The van der Waals surface area contributed by atoms with Crippen molar-refractivity contribution < 1.29 is 29.0 Å². The lowest BCUT2D eigenvalue weighted by molar-refractivity contribution is -0.156. The van der Waals surface area contributed by atoms with Gasteiger partial charge in [-0.05, 0) is 32.1 Å². The standard InChI is InChI=1S/C17H26N2O6/c20-14(7-4-8-15(21)22)19-10-9-18-17(24)13(19)11-16(23)25-12-5-2-1-3-6-12/h12-13H,1-11H2,(H,18,24)(H,21,22)/t13-/m0/s1. The Morgan fingerprint density at radius 3 is 2.56 bits per heavy atom. The number of carbonyl (C=O) groups excluding carboxylic acids is 3. The average molecular weight is 354 g/mol. The number of nitrogens with one attached hydrogen (secondary N) is 1. The number of amides is 2. The first kappa shape index (κ1) is 19.2. The van der Waals surface area contributed by atoms with Gasteiger partial charge >= 0.3 is 11.9 Å². The number of esters is 1.